The standard InChI is InChI=1S/C15H12ClF4N5/c16-14-23-12(11(5-21)13(24-14)25-6-9(17)7-25)22-10-3-1-2-8(4-10)15(18,19)20/h1-5,9,21H,6-7H2,(H,22,23,24). The first-order valence-corrected chi connectivity index (χ1v) is 7.57. The van der Waals surface area contributed by atoms with Crippen LogP contribution in [-0.2, 0) is 6.18 Å². The van der Waals surface area contributed by atoms with Gasteiger partial charge >= 0.3 is 6.18 Å². The first kappa shape index (κ1) is 17.4. The maximum atomic E-state index is 13.1. The Bertz CT molecular complexity index is 805. The van der Waals surface area contributed by atoms with E-state index in [1.54, 1.807) is 4.90 Å². The molecule has 0 atom stereocenters. The van der Waals surface area contributed by atoms with Crippen LogP contribution < -0.4 is 10.2 Å². The molecule has 1 fully saturated rings. The van der Waals surface area contributed by atoms with Crippen molar-refractivity contribution in [1.29, 1.82) is 5.41 Å². The molecule has 2 heterocycles. The number of nitrogens with zero attached hydrogens (tertiary/aromatic N) is 3. The van der Waals surface area contributed by atoms with Crippen molar-refractivity contribution in [2.24, 2.45) is 0 Å². The van der Waals surface area contributed by atoms with E-state index in [1.807, 2.05) is 0 Å². The number of hydrogen-bond donors (Lipinski definition) is 2. The largest absolute Gasteiger partial charge is 0.416 e. The van der Waals surface area contributed by atoms with Gasteiger partial charge in [-0.25, -0.2) is 4.39 Å². The van der Waals surface area contributed by atoms with Crippen molar-refractivity contribution in [3.8, 4) is 0 Å². The van der Waals surface area contributed by atoms with Gasteiger partial charge in [-0.05, 0) is 29.8 Å². The van der Waals surface area contributed by atoms with E-state index in [9.17, 15) is 17.6 Å². The van der Waals surface area contributed by atoms with Crippen LogP contribution in [-0.4, -0.2) is 35.4 Å². The van der Waals surface area contributed by atoms with E-state index in [-0.39, 0.29) is 41.3 Å². The molecule has 0 saturated carbocycles. The number of nitrogens with one attached hydrogen (secondary N) is 2. The average Bonchev–Trinajstić information content (AvgIpc) is 2.51. The van der Waals surface area contributed by atoms with E-state index in [0.717, 1.165) is 18.3 Å². The molecule has 0 unspecified atom stereocenters. The van der Waals surface area contributed by atoms with Crippen molar-refractivity contribution < 1.29 is 17.6 Å². The molecule has 0 aliphatic carbocycles. The topological polar surface area (TPSA) is 64.9 Å². The van der Waals surface area contributed by atoms with Crippen molar-refractivity contribution in [2.75, 3.05) is 23.3 Å². The summed E-state index contributed by atoms with van der Waals surface area (Å²) in [6, 6.07) is 4.55. The second-order valence-electron chi connectivity index (χ2n) is 5.43. The van der Waals surface area contributed by atoms with Gasteiger partial charge in [0.2, 0.25) is 5.28 Å². The summed E-state index contributed by atoms with van der Waals surface area (Å²) in [6.07, 6.45) is -4.52. The van der Waals surface area contributed by atoms with Gasteiger partial charge in [-0.2, -0.15) is 23.1 Å². The summed E-state index contributed by atoms with van der Waals surface area (Å²) in [5.74, 6) is 0.338. The molecule has 0 bridgehead atoms. The highest BCUT2D eigenvalue weighted by Crippen LogP contribution is 2.33. The maximum Gasteiger partial charge on any atom is 0.416 e. The third-order valence-electron chi connectivity index (χ3n) is 3.63. The van der Waals surface area contributed by atoms with Gasteiger partial charge in [0.15, 0.2) is 0 Å². The van der Waals surface area contributed by atoms with Crippen LogP contribution in [0.3, 0.4) is 0 Å². The van der Waals surface area contributed by atoms with Gasteiger partial charge in [0.1, 0.15) is 17.8 Å². The predicted molar refractivity (Wildman–Crippen MR) is 86.8 cm³/mol. The Hall–Kier alpha value is -2.42. The summed E-state index contributed by atoms with van der Waals surface area (Å²) in [7, 11) is 0. The smallest absolute Gasteiger partial charge is 0.350 e. The van der Waals surface area contributed by atoms with E-state index in [1.165, 1.54) is 12.1 Å². The summed E-state index contributed by atoms with van der Waals surface area (Å²) in [5.41, 5.74) is -0.475. The number of benzene rings is 1. The highest BCUT2D eigenvalue weighted by atomic mass is 35.5. The van der Waals surface area contributed by atoms with E-state index >= 15 is 0 Å². The fraction of sp³-hybridized carbons (Fsp3) is 0.267. The molecule has 10 heteroatoms. The lowest BCUT2D eigenvalue weighted by molar-refractivity contribution is -0.137. The molecule has 0 spiro atoms. The van der Waals surface area contributed by atoms with Gasteiger partial charge in [0.25, 0.3) is 0 Å². The number of anilines is 3. The second kappa shape index (κ2) is 6.47. The Balaban J connectivity index is 1.96. The second-order valence-corrected chi connectivity index (χ2v) is 5.77. The Labute approximate surface area is 145 Å². The number of rotatable bonds is 4. The Morgan fingerprint density at radius 2 is 2.00 bits per heavy atom. The molecule has 132 valence electrons. The minimum absolute atomic E-state index is 0.0756. The Kier molecular flexibility index (Phi) is 4.51. The van der Waals surface area contributed by atoms with Crippen LogP contribution in [0.4, 0.5) is 34.9 Å². The monoisotopic (exact) mass is 373 g/mol. The first-order chi connectivity index (χ1) is 11.8. The molecule has 1 saturated heterocycles. The summed E-state index contributed by atoms with van der Waals surface area (Å²) in [5, 5.41) is 10.1. The molecule has 1 aromatic heterocycles. The van der Waals surface area contributed by atoms with Crippen molar-refractivity contribution in [3.05, 3.63) is 40.7 Å². The van der Waals surface area contributed by atoms with Crippen LogP contribution in [0.5, 0.6) is 0 Å². The van der Waals surface area contributed by atoms with Crippen LogP contribution in [0.15, 0.2) is 24.3 Å². The lowest BCUT2D eigenvalue weighted by Gasteiger charge is -2.36. The molecule has 5 nitrogen and oxygen atoms in total. The lowest BCUT2D eigenvalue weighted by Crippen LogP contribution is -2.49. The van der Waals surface area contributed by atoms with Crippen LogP contribution in [0.1, 0.15) is 11.1 Å². The molecule has 0 radical (unpaired) electrons. The third kappa shape index (κ3) is 3.65. The molecular weight excluding hydrogens is 362 g/mol. The molecule has 0 amide bonds. The van der Waals surface area contributed by atoms with E-state index in [4.69, 9.17) is 17.0 Å². The molecule has 2 N–H and O–H groups in total. The zero-order chi connectivity index (χ0) is 18.2. The molecule has 1 aliphatic heterocycles. The zero-order valence-electron chi connectivity index (χ0n) is 12.6. The summed E-state index contributed by atoms with van der Waals surface area (Å²) >= 11 is 5.87. The highest BCUT2D eigenvalue weighted by Gasteiger charge is 2.32. The number of aromatic nitrogens is 2. The summed E-state index contributed by atoms with van der Waals surface area (Å²) < 4.78 is 51.6. The molecular formula is C15H12ClF4N5. The molecule has 2 aromatic rings. The zero-order valence-corrected chi connectivity index (χ0v) is 13.4. The van der Waals surface area contributed by atoms with Crippen LogP contribution in [0.2, 0.25) is 5.28 Å². The van der Waals surface area contributed by atoms with Crippen LogP contribution in [0.25, 0.3) is 0 Å². The number of hydrogen-bond acceptors (Lipinski definition) is 5. The third-order valence-corrected chi connectivity index (χ3v) is 3.80. The van der Waals surface area contributed by atoms with Gasteiger partial charge in [-0.15, -0.1) is 0 Å². The molecule has 1 aliphatic rings. The van der Waals surface area contributed by atoms with Crippen LogP contribution >= 0.6 is 11.6 Å². The quantitative estimate of drug-likeness (QED) is 0.482. The van der Waals surface area contributed by atoms with Crippen molar-refractivity contribution in [3.63, 3.8) is 0 Å². The summed E-state index contributed by atoms with van der Waals surface area (Å²) in [6.45, 7) is 0.217. The van der Waals surface area contributed by atoms with Gasteiger partial charge in [-0.1, -0.05) is 6.07 Å². The van der Waals surface area contributed by atoms with Crippen molar-refractivity contribution in [2.45, 2.75) is 12.3 Å². The Morgan fingerprint density at radius 3 is 2.60 bits per heavy atom. The SMILES string of the molecule is N=Cc1c(Nc2cccc(C(F)(F)F)c2)nc(Cl)nc1N1CC(F)C1. The highest BCUT2D eigenvalue weighted by molar-refractivity contribution is 6.28. The van der Waals surface area contributed by atoms with Crippen molar-refractivity contribution >= 4 is 35.1 Å². The maximum absolute atomic E-state index is 13.1. The lowest BCUT2D eigenvalue weighted by atomic mass is 10.1. The van der Waals surface area contributed by atoms with E-state index < -0.39 is 17.9 Å². The van der Waals surface area contributed by atoms with E-state index in [2.05, 4.69) is 15.3 Å². The average molecular weight is 374 g/mol. The molecule has 25 heavy (non-hydrogen) atoms. The normalized spacial score (nSPS) is 15.0. The minimum atomic E-state index is -4.48. The van der Waals surface area contributed by atoms with Gasteiger partial charge < -0.3 is 15.6 Å². The fourth-order valence-electron chi connectivity index (χ4n) is 2.41. The molecule has 3 rings (SSSR count). The summed E-state index contributed by atoms with van der Waals surface area (Å²) in [4.78, 5) is 9.52. The predicted octanol–water partition coefficient (Wildman–Crippen LogP) is 4.05. The van der Waals surface area contributed by atoms with Gasteiger partial charge in [0.05, 0.1) is 24.2 Å². The van der Waals surface area contributed by atoms with Crippen molar-refractivity contribution in [1.82, 2.24) is 9.97 Å². The van der Waals surface area contributed by atoms with Gasteiger partial charge in [-0.3, -0.25) is 0 Å². The number of alkyl halides is 4. The van der Waals surface area contributed by atoms with Crippen LogP contribution in [0, 0.1) is 5.41 Å². The molecule has 1 aromatic carbocycles. The van der Waals surface area contributed by atoms with E-state index in [0.29, 0.717) is 0 Å². The number of halogens is 5. The van der Waals surface area contributed by atoms with Gasteiger partial charge in [0, 0.05) is 11.9 Å². The fourth-order valence-corrected chi connectivity index (χ4v) is 2.57. The first-order valence-electron chi connectivity index (χ1n) is 7.19. The Morgan fingerprint density at radius 1 is 1.28 bits per heavy atom. The minimum Gasteiger partial charge on any atom is -0.350 e.